The number of rotatable bonds is 8. The molecule has 0 saturated carbocycles. The average Bonchev–Trinajstić information content (AvgIpc) is 3.36. The van der Waals surface area contributed by atoms with Gasteiger partial charge >= 0.3 is 6.03 Å². The van der Waals surface area contributed by atoms with E-state index in [2.05, 4.69) is 20.3 Å². The number of urea groups is 1. The van der Waals surface area contributed by atoms with Crippen LogP contribution < -0.4 is 20.3 Å². The van der Waals surface area contributed by atoms with Gasteiger partial charge < -0.3 is 15.4 Å². The molecule has 39 heavy (non-hydrogen) atoms. The number of morpholine rings is 1. The van der Waals surface area contributed by atoms with Gasteiger partial charge in [-0.15, -0.1) is 11.3 Å². The van der Waals surface area contributed by atoms with Crippen LogP contribution in [0.4, 0.5) is 21.9 Å². The minimum atomic E-state index is -1.75. The Kier molecular flexibility index (Phi) is 8.58. The summed E-state index contributed by atoms with van der Waals surface area (Å²) in [6, 6.07) is 14.3. The van der Waals surface area contributed by atoms with Crippen LogP contribution in [0.5, 0.6) is 0 Å². The van der Waals surface area contributed by atoms with Gasteiger partial charge in [-0.25, -0.2) is 13.9 Å². The first-order valence-corrected chi connectivity index (χ1v) is 14.6. The van der Waals surface area contributed by atoms with E-state index < -0.39 is 22.9 Å². The Morgan fingerprint density at radius 2 is 1.77 bits per heavy atom. The number of benzene rings is 2. The molecule has 2 aliphatic rings. The summed E-state index contributed by atoms with van der Waals surface area (Å²) in [6.07, 6.45) is 0.0982. The van der Waals surface area contributed by atoms with Crippen LogP contribution in [0, 0.1) is 0 Å². The highest BCUT2D eigenvalue weighted by atomic mass is 35.5. The third kappa shape index (κ3) is 6.65. The van der Waals surface area contributed by atoms with E-state index in [9.17, 15) is 18.6 Å². The molecule has 0 radical (unpaired) electrons. The first-order valence-electron chi connectivity index (χ1n) is 12.3. The molecule has 3 N–H and O–H groups in total. The van der Waals surface area contributed by atoms with Crippen molar-refractivity contribution in [3.63, 3.8) is 0 Å². The minimum Gasteiger partial charge on any atom is -0.384 e. The summed E-state index contributed by atoms with van der Waals surface area (Å²) in [6.45, 7) is 4.98. The van der Waals surface area contributed by atoms with E-state index in [1.54, 1.807) is 42.5 Å². The molecule has 204 valence electrons. The largest absolute Gasteiger partial charge is 0.384 e. The lowest BCUT2D eigenvalue weighted by atomic mass is 9.97. The van der Waals surface area contributed by atoms with Gasteiger partial charge in [0.25, 0.3) is 5.91 Å². The van der Waals surface area contributed by atoms with E-state index >= 15 is 0 Å². The van der Waals surface area contributed by atoms with Crippen LogP contribution in [0.25, 0.3) is 0 Å². The van der Waals surface area contributed by atoms with E-state index in [1.165, 1.54) is 0 Å². The SMILES string of the molecule is O=C(Nc1ccc(N2C(=O)Cc3cc(NCCN4CCOCC4)ccc3C2=O)cc1)NS(=O)c1ccc(Cl)s1. The second-order valence-corrected chi connectivity index (χ2v) is 12.0. The number of thiophene rings is 1. The number of imide groups is 1. The Morgan fingerprint density at radius 3 is 2.49 bits per heavy atom. The van der Waals surface area contributed by atoms with Crippen molar-refractivity contribution in [2.24, 2.45) is 0 Å². The third-order valence-corrected chi connectivity index (χ3v) is 8.89. The molecule has 0 aliphatic carbocycles. The second kappa shape index (κ2) is 12.3. The average molecular weight is 588 g/mol. The van der Waals surface area contributed by atoms with Crippen molar-refractivity contribution in [2.75, 3.05) is 54.9 Å². The van der Waals surface area contributed by atoms with Gasteiger partial charge in [0.1, 0.15) is 4.21 Å². The predicted molar refractivity (Wildman–Crippen MR) is 152 cm³/mol. The molecule has 0 spiro atoms. The summed E-state index contributed by atoms with van der Waals surface area (Å²) in [4.78, 5) is 41.9. The molecule has 5 rings (SSSR count). The zero-order chi connectivity index (χ0) is 27.4. The van der Waals surface area contributed by atoms with Gasteiger partial charge in [-0.3, -0.25) is 19.2 Å². The van der Waals surface area contributed by atoms with Gasteiger partial charge in [-0.05, 0) is 60.2 Å². The molecule has 3 heterocycles. The molecule has 1 unspecified atom stereocenters. The molecule has 1 fully saturated rings. The normalized spacial score (nSPS) is 16.5. The number of anilines is 3. The molecule has 1 saturated heterocycles. The monoisotopic (exact) mass is 587 g/mol. The fourth-order valence-corrected chi connectivity index (χ4v) is 6.48. The Balaban J connectivity index is 1.18. The lowest BCUT2D eigenvalue weighted by Crippen LogP contribution is -2.42. The Hall–Kier alpha value is -3.29. The molecular formula is C26H26ClN5O5S2. The third-order valence-electron chi connectivity index (χ3n) is 6.29. The minimum absolute atomic E-state index is 0.0982. The van der Waals surface area contributed by atoms with Crippen molar-refractivity contribution >= 4 is 68.8 Å². The molecule has 1 atom stereocenters. The molecule has 13 heteroatoms. The Bertz CT molecular complexity index is 1410. The number of nitrogens with zero attached hydrogens (tertiary/aromatic N) is 2. The second-order valence-electron chi connectivity index (χ2n) is 8.89. The molecule has 0 bridgehead atoms. The first-order chi connectivity index (χ1) is 18.9. The fraction of sp³-hybridized carbons (Fsp3) is 0.269. The Labute approximate surface area is 236 Å². The van der Waals surface area contributed by atoms with Crippen LogP contribution in [-0.2, 0) is 26.9 Å². The molecule has 2 aliphatic heterocycles. The van der Waals surface area contributed by atoms with Crippen LogP contribution in [0.2, 0.25) is 4.34 Å². The van der Waals surface area contributed by atoms with Crippen LogP contribution in [0.15, 0.2) is 58.8 Å². The number of fused-ring (bicyclic) bond motifs is 1. The predicted octanol–water partition coefficient (Wildman–Crippen LogP) is 3.72. The van der Waals surface area contributed by atoms with Crippen LogP contribution >= 0.6 is 22.9 Å². The number of amides is 4. The van der Waals surface area contributed by atoms with Gasteiger partial charge in [-0.2, -0.15) is 0 Å². The van der Waals surface area contributed by atoms with Crippen molar-refractivity contribution in [3.05, 3.63) is 70.1 Å². The maximum absolute atomic E-state index is 13.2. The lowest BCUT2D eigenvalue weighted by molar-refractivity contribution is -0.117. The summed E-state index contributed by atoms with van der Waals surface area (Å²) >= 11 is 6.96. The zero-order valence-corrected chi connectivity index (χ0v) is 23.2. The van der Waals surface area contributed by atoms with Gasteiger partial charge in [0, 0.05) is 43.1 Å². The number of ether oxygens (including phenoxy) is 1. The van der Waals surface area contributed by atoms with Crippen molar-refractivity contribution in [2.45, 2.75) is 10.6 Å². The smallest absolute Gasteiger partial charge is 0.331 e. The lowest BCUT2D eigenvalue weighted by Gasteiger charge is -2.28. The fourth-order valence-electron chi connectivity index (χ4n) is 4.36. The van der Waals surface area contributed by atoms with Crippen molar-refractivity contribution in [1.29, 1.82) is 0 Å². The number of hydrogen-bond donors (Lipinski definition) is 3. The summed E-state index contributed by atoms with van der Waals surface area (Å²) in [7, 11) is -1.75. The standard InChI is InChI=1S/C26H26ClN5O5S2/c27-22-7-8-24(38-22)39(36)30-26(35)29-18-1-4-20(5-2-18)32-23(33)16-17-15-19(3-6-21(17)25(32)34)28-9-10-31-11-13-37-14-12-31/h1-8,15,28H,9-14,16H2,(H2,29,30,35). The summed E-state index contributed by atoms with van der Waals surface area (Å²) in [5.74, 6) is -0.731. The van der Waals surface area contributed by atoms with E-state index in [4.69, 9.17) is 16.3 Å². The maximum Gasteiger partial charge on any atom is 0.331 e. The molecule has 10 nitrogen and oxygen atoms in total. The van der Waals surface area contributed by atoms with Gasteiger partial charge in [0.15, 0.2) is 11.0 Å². The molecule has 4 amide bonds. The quantitative estimate of drug-likeness (QED) is 0.344. The number of carbonyl (C=O) groups is 3. The zero-order valence-electron chi connectivity index (χ0n) is 20.8. The highest BCUT2D eigenvalue weighted by molar-refractivity contribution is 7.86. The number of halogens is 1. The molecule has 3 aromatic rings. The molecule has 2 aromatic carbocycles. The van der Waals surface area contributed by atoms with E-state index in [0.717, 1.165) is 61.3 Å². The molecule has 1 aromatic heterocycles. The van der Waals surface area contributed by atoms with E-state index in [0.29, 0.717) is 31.0 Å². The van der Waals surface area contributed by atoms with Crippen LogP contribution in [0.1, 0.15) is 15.9 Å². The Morgan fingerprint density at radius 1 is 1.03 bits per heavy atom. The number of hydrogen-bond acceptors (Lipinski definition) is 8. The van der Waals surface area contributed by atoms with Crippen LogP contribution in [-0.4, -0.2) is 66.3 Å². The van der Waals surface area contributed by atoms with Crippen LogP contribution in [0.3, 0.4) is 0 Å². The first kappa shape index (κ1) is 27.3. The van der Waals surface area contributed by atoms with Crippen molar-refractivity contribution in [1.82, 2.24) is 9.62 Å². The maximum atomic E-state index is 13.2. The molecular weight excluding hydrogens is 562 g/mol. The van der Waals surface area contributed by atoms with E-state index in [-0.39, 0.29) is 12.3 Å². The summed E-state index contributed by atoms with van der Waals surface area (Å²) < 4.78 is 20.8. The summed E-state index contributed by atoms with van der Waals surface area (Å²) in [5, 5.41) is 5.96. The number of nitrogens with one attached hydrogen (secondary N) is 3. The number of carbonyl (C=O) groups excluding carboxylic acids is 3. The summed E-state index contributed by atoms with van der Waals surface area (Å²) in [5.41, 5.74) is 2.83. The van der Waals surface area contributed by atoms with Crippen molar-refractivity contribution < 1.29 is 23.3 Å². The highest BCUT2D eigenvalue weighted by Crippen LogP contribution is 2.28. The van der Waals surface area contributed by atoms with Crippen molar-refractivity contribution in [3.8, 4) is 0 Å². The van der Waals surface area contributed by atoms with Gasteiger partial charge in [0.2, 0.25) is 5.91 Å². The van der Waals surface area contributed by atoms with E-state index in [1.807, 2.05) is 12.1 Å². The topological polar surface area (TPSA) is 120 Å². The highest BCUT2D eigenvalue weighted by Gasteiger charge is 2.32. The van der Waals surface area contributed by atoms with Gasteiger partial charge in [0.05, 0.1) is 29.7 Å². The van der Waals surface area contributed by atoms with Gasteiger partial charge in [-0.1, -0.05) is 11.6 Å².